The van der Waals surface area contributed by atoms with Crippen LogP contribution in [0, 0.1) is 34.5 Å². The zero-order chi connectivity index (χ0) is 34.5. The molecule has 47 heavy (non-hydrogen) atoms. The third-order valence-corrected chi connectivity index (χ3v) is 12.5. The predicted molar refractivity (Wildman–Crippen MR) is 167 cm³/mol. The highest BCUT2D eigenvalue weighted by Crippen LogP contribution is 2.67. The van der Waals surface area contributed by atoms with Crippen LogP contribution in [0.2, 0.25) is 0 Å². The molecule has 4 fully saturated rings. The van der Waals surface area contributed by atoms with Crippen molar-refractivity contribution in [1.82, 2.24) is 10.2 Å². The van der Waals surface area contributed by atoms with Gasteiger partial charge in [0.25, 0.3) is 0 Å². The van der Waals surface area contributed by atoms with Crippen molar-refractivity contribution in [2.75, 3.05) is 13.2 Å². The SMILES string of the molecule is CC(C)[C@H](NC(=O)CCC(=O)OCC(=O)[C@@]1(O)CC[C@H]2[C@@H]3CCC4=CC(=O)CC[C@]4(C)[C@H]3[C@@H](O)C[C@@]21C)C(=O)N1CCC[C@@H]1C(=O)O. The molecule has 4 aliphatic carbocycles. The molecule has 0 aromatic heterocycles. The lowest BCUT2D eigenvalue weighted by molar-refractivity contribution is -0.184. The molecule has 12 heteroatoms. The largest absolute Gasteiger partial charge is 0.480 e. The van der Waals surface area contributed by atoms with Crippen LogP contribution in [0.4, 0.5) is 0 Å². The number of likely N-dealkylation sites (tertiary alicyclic amines) is 1. The summed E-state index contributed by atoms with van der Waals surface area (Å²) in [5.41, 5.74) is -1.88. The maximum Gasteiger partial charge on any atom is 0.326 e. The summed E-state index contributed by atoms with van der Waals surface area (Å²) in [6, 6.07) is -1.88. The number of hydrogen-bond donors (Lipinski definition) is 4. The normalized spacial score (nSPS) is 36.9. The molecule has 3 saturated carbocycles. The first-order chi connectivity index (χ1) is 22.0. The van der Waals surface area contributed by atoms with E-state index in [9.17, 15) is 44.1 Å². The zero-order valence-corrected chi connectivity index (χ0v) is 28.0. The van der Waals surface area contributed by atoms with E-state index < -0.39 is 65.3 Å². The molecule has 9 atom stereocenters. The number of hydrogen-bond acceptors (Lipinski definition) is 9. The number of aliphatic carboxylic acids is 1. The lowest BCUT2D eigenvalue weighted by Gasteiger charge is -2.60. The van der Waals surface area contributed by atoms with Crippen molar-refractivity contribution < 1.29 is 48.8 Å². The molecule has 0 bridgehead atoms. The van der Waals surface area contributed by atoms with Crippen LogP contribution in [0.25, 0.3) is 0 Å². The fourth-order valence-corrected chi connectivity index (χ4v) is 9.93. The summed E-state index contributed by atoms with van der Waals surface area (Å²) in [5, 5.41) is 35.5. The Balaban J connectivity index is 1.15. The Bertz CT molecular complexity index is 1360. The fraction of sp³-hybridized carbons (Fsp3) is 0.771. The minimum Gasteiger partial charge on any atom is -0.480 e. The maximum absolute atomic E-state index is 13.5. The number of carboxylic acid groups (broad SMARTS) is 1. The van der Waals surface area contributed by atoms with Crippen molar-refractivity contribution in [1.29, 1.82) is 0 Å². The molecule has 0 aromatic carbocycles. The Morgan fingerprint density at radius 3 is 2.47 bits per heavy atom. The van der Waals surface area contributed by atoms with Crippen molar-refractivity contribution in [3.8, 4) is 0 Å². The van der Waals surface area contributed by atoms with E-state index in [-0.39, 0.29) is 60.6 Å². The number of esters is 1. The molecule has 0 unspecified atom stereocenters. The standard InChI is InChI=1S/C35H50N2O10/c1-19(2)30(31(43)37-15-5-6-24(37)32(44)45)36-27(41)9-10-28(42)47-18-26(40)35(46)14-12-23-22-8-7-20-16-21(38)11-13-33(20,3)29(22)25(39)17-34(23,35)4/h16,19,22-25,29-30,39,46H,5-15,17-18H2,1-4H3,(H,36,41)(H,44,45)/t22-,23-,24+,25-,29+,30-,33-,34-,35-/m0/s1. The number of fused-ring (bicyclic) bond motifs is 5. The summed E-state index contributed by atoms with van der Waals surface area (Å²) < 4.78 is 5.24. The Kier molecular flexibility index (Phi) is 9.78. The van der Waals surface area contributed by atoms with Crippen LogP contribution >= 0.6 is 0 Å². The number of amides is 2. The highest BCUT2D eigenvalue weighted by atomic mass is 16.5. The second-order valence-corrected chi connectivity index (χ2v) is 15.4. The molecule has 4 N–H and O–H groups in total. The summed E-state index contributed by atoms with van der Waals surface area (Å²) >= 11 is 0. The maximum atomic E-state index is 13.5. The van der Waals surface area contributed by atoms with E-state index in [1.165, 1.54) is 4.90 Å². The minimum absolute atomic E-state index is 0.0109. The Hall–Kier alpha value is -3.12. The van der Waals surface area contributed by atoms with Gasteiger partial charge in [-0.1, -0.05) is 33.3 Å². The third-order valence-electron chi connectivity index (χ3n) is 12.5. The van der Waals surface area contributed by atoms with Crippen molar-refractivity contribution in [2.45, 2.75) is 122 Å². The highest BCUT2D eigenvalue weighted by Gasteiger charge is 2.68. The van der Waals surface area contributed by atoms with Crippen molar-refractivity contribution in [3.05, 3.63) is 11.6 Å². The van der Waals surface area contributed by atoms with E-state index in [0.29, 0.717) is 38.6 Å². The van der Waals surface area contributed by atoms with Gasteiger partial charge in [0, 0.05) is 24.8 Å². The number of aliphatic hydroxyl groups excluding tert-OH is 1. The lowest BCUT2D eigenvalue weighted by Crippen LogP contribution is -2.62. The van der Waals surface area contributed by atoms with Gasteiger partial charge < -0.3 is 30.3 Å². The summed E-state index contributed by atoms with van der Waals surface area (Å²) in [5.74, 6) is -3.75. The van der Waals surface area contributed by atoms with Crippen LogP contribution in [0.15, 0.2) is 11.6 Å². The van der Waals surface area contributed by atoms with Crippen LogP contribution in [-0.4, -0.2) is 92.5 Å². The van der Waals surface area contributed by atoms with Gasteiger partial charge in [0.1, 0.15) is 17.7 Å². The first-order valence-corrected chi connectivity index (χ1v) is 17.2. The summed E-state index contributed by atoms with van der Waals surface area (Å²) in [6.45, 7) is 7.11. The zero-order valence-electron chi connectivity index (χ0n) is 28.0. The topological polar surface area (TPSA) is 188 Å². The van der Waals surface area contributed by atoms with Gasteiger partial charge in [-0.2, -0.15) is 0 Å². The molecule has 0 spiro atoms. The number of carbonyl (C=O) groups is 6. The number of allylic oxidation sites excluding steroid dienone is 1. The van der Waals surface area contributed by atoms with Crippen LogP contribution in [0.5, 0.6) is 0 Å². The quantitative estimate of drug-likeness (QED) is 0.254. The van der Waals surface area contributed by atoms with Gasteiger partial charge >= 0.3 is 11.9 Å². The van der Waals surface area contributed by atoms with Crippen LogP contribution in [0.3, 0.4) is 0 Å². The van der Waals surface area contributed by atoms with E-state index in [2.05, 4.69) is 12.2 Å². The average molecular weight is 659 g/mol. The number of nitrogens with zero attached hydrogens (tertiary/aromatic N) is 1. The molecule has 5 rings (SSSR count). The number of ether oxygens (including phenoxy) is 1. The molecular formula is C35H50N2O10. The molecule has 5 aliphatic rings. The van der Waals surface area contributed by atoms with E-state index in [0.717, 1.165) is 18.4 Å². The molecule has 1 aliphatic heterocycles. The molecule has 260 valence electrons. The molecule has 0 radical (unpaired) electrons. The number of rotatable bonds is 10. The Labute approximate surface area is 275 Å². The highest BCUT2D eigenvalue weighted by molar-refractivity contribution is 5.93. The minimum atomic E-state index is -1.78. The Morgan fingerprint density at radius 1 is 1.06 bits per heavy atom. The van der Waals surface area contributed by atoms with Gasteiger partial charge in [-0.25, -0.2) is 4.79 Å². The van der Waals surface area contributed by atoms with Gasteiger partial charge in [0.15, 0.2) is 12.4 Å². The first-order valence-electron chi connectivity index (χ1n) is 17.2. The number of Topliss-reactive ketones (excluding diaryl/α,β-unsaturated/α-hetero) is 1. The molecular weight excluding hydrogens is 608 g/mol. The summed E-state index contributed by atoms with van der Waals surface area (Å²) in [7, 11) is 0. The molecule has 12 nitrogen and oxygen atoms in total. The average Bonchev–Trinajstić information content (AvgIpc) is 3.61. The van der Waals surface area contributed by atoms with Gasteiger partial charge in [-0.15, -0.1) is 0 Å². The van der Waals surface area contributed by atoms with Crippen molar-refractivity contribution in [2.24, 2.45) is 34.5 Å². The van der Waals surface area contributed by atoms with Crippen molar-refractivity contribution >= 4 is 35.3 Å². The van der Waals surface area contributed by atoms with Crippen LogP contribution in [0.1, 0.15) is 98.3 Å². The molecule has 1 saturated heterocycles. The first kappa shape index (κ1) is 35.2. The van der Waals surface area contributed by atoms with E-state index in [1.54, 1.807) is 19.9 Å². The number of carbonyl (C=O) groups excluding carboxylic acids is 5. The molecule has 2 amide bonds. The summed E-state index contributed by atoms with van der Waals surface area (Å²) in [6.07, 6.45) is 4.97. The van der Waals surface area contributed by atoms with Crippen molar-refractivity contribution in [3.63, 3.8) is 0 Å². The predicted octanol–water partition coefficient (Wildman–Crippen LogP) is 2.33. The van der Waals surface area contributed by atoms with Crippen LogP contribution in [-0.2, 0) is 33.5 Å². The second-order valence-electron chi connectivity index (χ2n) is 15.4. The Morgan fingerprint density at radius 2 is 1.79 bits per heavy atom. The summed E-state index contributed by atoms with van der Waals surface area (Å²) in [4.78, 5) is 76.9. The molecule has 1 heterocycles. The van der Waals surface area contributed by atoms with Gasteiger partial charge in [-0.05, 0) is 86.5 Å². The third kappa shape index (κ3) is 6.16. The monoisotopic (exact) mass is 658 g/mol. The van der Waals surface area contributed by atoms with E-state index in [1.807, 2.05) is 6.92 Å². The smallest absolute Gasteiger partial charge is 0.326 e. The van der Waals surface area contributed by atoms with Crippen LogP contribution < -0.4 is 5.32 Å². The number of ketones is 2. The van der Waals surface area contributed by atoms with Gasteiger partial charge in [-0.3, -0.25) is 24.0 Å². The fourth-order valence-electron chi connectivity index (χ4n) is 9.93. The number of nitrogens with one attached hydrogen (secondary N) is 1. The number of aliphatic hydroxyl groups is 2. The lowest BCUT2D eigenvalue weighted by atomic mass is 9.45. The van der Waals surface area contributed by atoms with Gasteiger partial charge in [0.2, 0.25) is 17.6 Å². The van der Waals surface area contributed by atoms with E-state index >= 15 is 0 Å². The van der Waals surface area contributed by atoms with Gasteiger partial charge in [0.05, 0.1) is 12.5 Å². The number of carboxylic acids is 1. The second kappa shape index (κ2) is 13.1. The molecule has 0 aromatic rings. The van der Waals surface area contributed by atoms with E-state index in [4.69, 9.17) is 4.74 Å².